The van der Waals surface area contributed by atoms with Crippen LogP contribution in [0.2, 0.25) is 10.0 Å². The monoisotopic (exact) mass is 516 g/mol. The van der Waals surface area contributed by atoms with E-state index >= 15 is 0 Å². The number of carbonyl (C=O) groups is 3. The van der Waals surface area contributed by atoms with E-state index in [1.165, 1.54) is 18.2 Å². The van der Waals surface area contributed by atoms with Crippen LogP contribution in [0.5, 0.6) is 0 Å². The van der Waals surface area contributed by atoms with Gasteiger partial charge in [0.05, 0.1) is 16.3 Å². The second-order valence-electron chi connectivity index (χ2n) is 8.18. The highest BCUT2D eigenvalue weighted by molar-refractivity contribution is 7.18. The molecule has 2 heterocycles. The predicted molar refractivity (Wildman–Crippen MR) is 135 cm³/mol. The van der Waals surface area contributed by atoms with Crippen molar-refractivity contribution in [2.24, 2.45) is 11.8 Å². The van der Waals surface area contributed by atoms with Crippen molar-refractivity contribution in [2.75, 3.05) is 18.0 Å². The summed E-state index contributed by atoms with van der Waals surface area (Å²) >= 11 is 13.3. The number of aromatic carboxylic acids is 1. The topological polar surface area (TPSA) is 86.7 Å². The second kappa shape index (κ2) is 10.3. The smallest absolute Gasteiger partial charge is 0.348 e. The second-order valence-corrected chi connectivity index (χ2v) is 10.1. The Kier molecular flexibility index (Phi) is 7.38. The van der Waals surface area contributed by atoms with Gasteiger partial charge in [-0.1, -0.05) is 60.5 Å². The van der Waals surface area contributed by atoms with Crippen LogP contribution in [0.3, 0.4) is 0 Å². The lowest BCUT2D eigenvalue weighted by molar-refractivity contribution is -0.123. The van der Waals surface area contributed by atoms with E-state index in [9.17, 15) is 19.5 Å². The van der Waals surface area contributed by atoms with E-state index in [2.05, 4.69) is 5.32 Å². The number of piperidine rings is 1. The summed E-state index contributed by atoms with van der Waals surface area (Å²) in [5.41, 5.74) is 0.911. The predicted octanol–water partition coefficient (Wildman–Crippen LogP) is 5.84. The minimum absolute atomic E-state index is 0.0299. The highest BCUT2D eigenvalue weighted by atomic mass is 35.5. The number of thiophene rings is 1. The Balaban J connectivity index is 1.87. The van der Waals surface area contributed by atoms with Gasteiger partial charge in [0.15, 0.2) is 0 Å². The van der Waals surface area contributed by atoms with Gasteiger partial charge in [-0.25, -0.2) is 9.69 Å². The lowest BCUT2D eigenvalue weighted by Gasteiger charge is -2.32. The molecule has 0 radical (unpaired) electrons. The molecule has 1 aliphatic heterocycles. The van der Waals surface area contributed by atoms with Crippen LogP contribution in [0.25, 0.3) is 10.4 Å². The fourth-order valence-electron chi connectivity index (χ4n) is 4.10. The number of rotatable bonds is 5. The molecule has 1 saturated heterocycles. The van der Waals surface area contributed by atoms with Gasteiger partial charge in [-0.15, -0.1) is 11.3 Å². The molecule has 2 aromatic carbocycles. The number of amides is 2. The molecular formula is C25H22Cl2N2O4S. The summed E-state index contributed by atoms with van der Waals surface area (Å²) < 4.78 is 0. The van der Waals surface area contributed by atoms with Gasteiger partial charge in [0.2, 0.25) is 5.91 Å². The van der Waals surface area contributed by atoms with Crippen molar-refractivity contribution in [3.8, 4) is 10.4 Å². The van der Waals surface area contributed by atoms with Gasteiger partial charge in [-0.3, -0.25) is 9.59 Å². The number of carboxylic acids is 1. The van der Waals surface area contributed by atoms with Crippen LogP contribution < -0.4 is 10.2 Å². The standard InChI is InChI=1S/C25H22Cl2N2O4S/c1-14-13-28-10-9-17(14)23(30)29(24(31)18-8-7-16(26)11-19(18)27)20-12-21(34-22(20)25(32)33)15-5-3-2-4-6-15/h2-8,11-12,14,17,28H,9-10,13H2,1H3,(H,32,33). The van der Waals surface area contributed by atoms with Crippen LogP contribution in [-0.2, 0) is 4.79 Å². The van der Waals surface area contributed by atoms with Gasteiger partial charge >= 0.3 is 5.97 Å². The Morgan fingerprint density at radius 2 is 1.82 bits per heavy atom. The van der Waals surface area contributed by atoms with E-state index in [-0.39, 0.29) is 27.1 Å². The molecule has 3 aromatic rings. The lowest BCUT2D eigenvalue weighted by atomic mass is 9.86. The van der Waals surface area contributed by atoms with Gasteiger partial charge in [0.25, 0.3) is 5.91 Å². The summed E-state index contributed by atoms with van der Waals surface area (Å²) in [6, 6.07) is 15.2. The quantitative estimate of drug-likeness (QED) is 0.416. The molecule has 2 atom stereocenters. The van der Waals surface area contributed by atoms with Crippen molar-refractivity contribution in [1.29, 1.82) is 0 Å². The van der Waals surface area contributed by atoms with Crippen LogP contribution in [0.4, 0.5) is 5.69 Å². The molecule has 9 heteroatoms. The van der Waals surface area contributed by atoms with Crippen LogP contribution >= 0.6 is 34.5 Å². The van der Waals surface area contributed by atoms with E-state index in [4.69, 9.17) is 23.2 Å². The number of anilines is 1. The summed E-state index contributed by atoms with van der Waals surface area (Å²) in [6.45, 7) is 3.20. The first-order valence-corrected chi connectivity index (χ1v) is 12.3. The third kappa shape index (κ3) is 4.88. The summed E-state index contributed by atoms with van der Waals surface area (Å²) in [7, 11) is 0. The van der Waals surface area contributed by atoms with E-state index < -0.39 is 23.7 Å². The molecule has 2 N–H and O–H groups in total. The number of imide groups is 1. The van der Waals surface area contributed by atoms with Crippen molar-refractivity contribution in [2.45, 2.75) is 13.3 Å². The fraction of sp³-hybridized carbons (Fsp3) is 0.240. The number of benzene rings is 2. The third-order valence-electron chi connectivity index (χ3n) is 5.89. The minimum Gasteiger partial charge on any atom is -0.477 e. The number of halogens is 2. The molecular weight excluding hydrogens is 495 g/mol. The van der Waals surface area contributed by atoms with Gasteiger partial charge in [-0.05, 0) is 55.3 Å². The van der Waals surface area contributed by atoms with Crippen molar-refractivity contribution < 1.29 is 19.5 Å². The maximum atomic E-state index is 13.8. The lowest BCUT2D eigenvalue weighted by Crippen LogP contribution is -2.48. The number of nitrogens with zero attached hydrogens (tertiary/aromatic N) is 1. The van der Waals surface area contributed by atoms with Gasteiger partial charge in [-0.2, -0.15) is 0 Å². The Morgan fingerprint density at radius 3 is 2.47 bits per heavy atom. The Labute approximate surface area is 211 Å². The summed E-state index contributed by atoms with van der Waals surface area (Å²) in [6.07, 6.45) is 0.538. The zero-order valence-electron chi connectivity index (χ0n) is 18.3. The first-order chi connectivity index (χ1) is 16.3. The van der Waals surface area contributed by atoms with E-state index in [1.807, 2.05) is 37.3 Å². The molecule has 1 fully saturated rings. The molecule has 1 aromatic heterocycles. The number of hydrogen-bond acceptors (Lipinski definition) is 5. The van der Waals surface area contributed by atoms with Crippen LogP contribution in [-0.4, -0.2) is 36.0 Å². The molecule has 0 saturated carbocycles. The van der Waals surface area contributed by atoms with Crippen molar-refractivity contribution in [3.63, 3.8) is 0 Å². The molecule has 2 unspecified atom stereocenters. The van der Waals surface area contributed by atoms with Crippen LogP contribution in [0.15, 0.2) is 54.6 Å². The minimum atomic E-state index is -1.21. The normalized spacial score (nSPS) is 17.9. The molecule has 1 aliphatic rings. The molecule has 4 rings (SSSR count). The summed E-state index contributed by atoms with van der Waals surface area (Å²) in [4.78, 5) is 41.4. The van der Waals surface area contributed by atoms with E-state index in [1.54, 1.807) is 6.07 Å². The Hall–Kier alpha value is -2.71. The number of hydrogen-bond donors (Lipinski definition) is 2. The van der Waals surface area contributed by atoms with Crippen molar-refractivity contribution in [1.82, 2.24) is 5.32 Å². The summed E-state index contributed by atoms with van der Waals surface area (Å²) in [5, 5.41) is 13.6. The highest BCUT2D eigenvalue weighted by Crippen LogP contribution is 2.39. The average Bonchev–Trinajstić information content (AvgIpc) is 3.25. The van der Waals surface area contributed by atoms with E-state index in [0.717, 1.165) is 21.8 Å². The molecule has 0 bridgehead atoms. The number of carbonyl (C=O) groups excluding carboxylic acids is 2. The van der Waals surface area contributed by atoms with E-state index in [0.29, 0.717) is 29.4 Å². The zero-order valence-corrected chi connectivity index (χ0v) is 20.6. The zero-order chi connectivity index (χ0) is 24.4. The molecule has 0 spiro atoms. The molecule has 34 heavy (non-hydrogen) atoms. The molecule has 2 amide bonds. The first kappa shape index (κ1) is 24.4. The van der Waals surface area contributed by atoms with Gasteiger partial charge < -0.3 is 10.4 Å². The average molecular weight is 517 g/mol. The van der Waals surface area contributed by atoms with Crippen molar-refractivity contribution >= 4 is 58.0 Å². The SMILES string of the molecule is CC1CNCCC1C(=O)N(C(=O)c1ccc(Cl)cc1Cl)c1cc(-c2ccccc2)sc1C(=O)O. The van der Waals surface area contributed by atoms with Gasteiger partial charge in [0.1, 0.15) is 4.88 Å². The van der Waals surface area contributed by atoms with Crippen LogP contribution in [0.1, 0.15) is 33.4 Å². The Morgan fingerprint density at radius 1 is 1.09 bits per heavy atom. The Bertz CT molecular complexity index is 1240. The first-order valence-electron chi connectivity index (χ1n) is 10.7. The molecule has 0 aliphatic carbocycles. The fourth-order valence-corrected chi connectivity index (χ4v) is 5.58. The molecule has 6 nitrogen and oxygen atoms in total. The molecule has 176 valence electrons. The van der Waals surface area contributed by atoms with Gasteiger partial charge in [0, 0.05) is 15.8 Å². The highest BCUT2D eigenvalue weighted by Gasteiger charge is 2.38. The van der Waals surface area contributed by atoms with Crippen LogP contribution in [0, 0.1) is 11.8 Å². The largest absolute Gasteiger partial charge is 0.477 e. The third-order valence-corrected chi connectivity index (χ3v) is 7.60. The summed E-state index contributed by atoms with van der Waals surface area (Å²) in [5.74, 6) is -2.81. The maximum Gasteiger partial charge on any atom is 0.348 e. The van der Waals surface area contributed by atoms with Crippen molar-refractivity contribution in [3.05, 3.63) is 75.1 Å². The number of carboxylic acid groups (broad SMARTS) is 1. The maximum absolute atomic E-state index is 13.8. The number of nitrogens with one attached hydrogen (secondary N) is 1.